The van der Waals surface area contributed by atoms with Gasteiger partial charge in [-0.15, -0.1) is 0 Å². The minimum Gasteiger partial charge on any atom is -0.394 e. The number of aromatic nitrogens is 2. The van der Waals surface area contributed by atoms with E-state index in [9.17, 15) is 14.7 Å². The molecular formula is C15H24N2O5S2. The first-order chi connectivity index (χ1) is 11.2. The van der Waals surface area contributed by atoms with E-state index in [1.54, 1.807) is 21.6 Å². The molecule has 0 aromatic carbocycles. The summed E-state index contributed by atoms with van der Waals surface area (Å²) in [5, 5.41) is 18.9. The Kier molecular flexibility index (Phi) is 6.60. The van der Waals surface area contributed by atoms with Crippen LogP contribution in [0.15, 0.2) is 15.8 Å². The lowest BCUT2D eigenvalue weighted by Gasteiger charge is -2.17. The quantitative estimate of drug-likeness (QED) is 0.500. The minimum atomic E-state index is -0.832. The van der Waals surface area contributed by atoms with Crippen molar-refractivity contribution in [3.63, 3.8) is 0 Å². The molecule has 0 unspecified atom stereocenters. The first-order valence-electron chi connectivity index (χ1n) is 7.80. The average molecular weight is 377 g/mol. The van der Waals surface area contributed by atoms with E-state index in [4.69, 9.17) is 9.84 Å². The van der Waals surface area contributed by atoms with Gasteiger partial charge in [0.15, 0.2) is 0 Å². The third-order valence-electron chi connectivity index (χ3n) is 3.50. The summed E-state index contributed by atoms with van der Waals surface area (Å²) in [6, 6.07) is 0. The molecular weight excluding hydrogens is 352 g/mol. The first kappa shape index (κ1) is 19.6. The summed E-state index contributed by atoms with van der Waals surface area (Å²) in [6.45, 7) is 6.05. The predicted octanol–water partition coefficient (Wildman–Crippen LogP) is 0.900. The molecule has 1 fully saturated rings. The fraction of sp³-hybridized carbons (Fsp3) is 0.733. The summed E-state index contributed by atoms with van der Waals surface area (Å²) in [4.78, 5) is 26.3. The van der Waals surface area contributed by atoms with Crippen molar-refractivity contribution in [3.05, 3.63) is 32.6 Å². The SMILES string of the molecule is CC(C)(C)SSCCc1cn([C@H]2C[C@H](O)[C@@H](CO)O2)c(=O)[nH]c1=O. The maximum absolute atomic E-state index is 12.0. The normalized spacial score (nSPS) is 24.5. The molecule has 9 heteroatoms. The van der Waals surface area contributed by atoms with Crippen LogP contribution >= 0.6 is 21.6 Å². The van der Waals surface area contributed by atoms with Crippen molar-refractivity contribution in [2.24, 2.45) is 0 Å². The molecule has 0 spiro atoms. The van der Waals surface area contributed by atoms with Crippen molar-refractivity contribution < 1.29 is 14.9 Å². The zero-order valence-corrected chi connectivity index (χ0v) is 15.7. The standard InChI is InChI=1S/C15H24N2O5S2/c1-15(2,3)24-23-5-4-9-7-17(14(21)16-13(9)20)12-6-10(19)11(8-18)22-12/h7,10-12,18-19H,4-6,8H2,1-3H3,(H,16,20,21)/t10-,11+,12+/m0/s1. The van der Waals surface area contributed by atoms with Crippen molar-refractivity contribution in [2.75, 3.05) is 12.4 Å². The summed E-state index contributed by atoms with van der Waals surface area (Å²) >= 11 is 0. The summed E-state index contributed by atoms with van der Waals surface area (Å²) < 4.78 is 6.92. The lowest BCUT2D eigenvalue weighted by molar-refractivity contribution is -0.0459. The lowest BCUT2D eigenvalue weighted by atomic mass is 10.2. The number of nitrogens with one attached hydrogen (secondary N) is 1. The third-order valence-corrected chi connectivity index (χ3v) is 6.84. The van der Waals surface area contributed by atoms with Crippen LogP contribution in [0.5, 0.6) is 0 Å². The number of nitrogens with zero attached hydrogens (tertiary/aromatic N) is 1. The molecule has 1 aromatic rings. The summed E-state index contributed by atoms with van der Waals surface area (Å²) in [7, 11) is 3.43. The predicted molar refractivity (Wildman–Crippen MR) is 96.4 cm³/mol. The van der Waals surface area contributed by atoms with Gasteiger partial charge in [0.05, 0.1) is 12.7 Å². The fourth-order valence-corrected chi connectivity index (χ4v) is 4.64. The number of aryl methyl sites for hydroxylation is 1. The van der Waals surface area contributed by atoms with Crippen LogP contribution in [0, 0.1) is 0 Å². The van der Waals surface area contributed by atoms with E-state index in [1.165, 1.54) is 10.8 Å². The highest BCUT2D eigenvalue weighted by molar-refractivity contribution is 8.77. The molecule has 1 aromatic heterocycles. The molecule has 0 bridgehead atoms. The Labute approximate surface area is 148 Å². The third kappa shape index (κ3) is 5.13. The second-order valence-corrected chi connectivity index (χ2v) is 9.95. The zero-order valence-electron chi connectivity index (χ0n) is 14.0. The van der Waals surface area contributed by atoms with Crippen LogP contribution in [0.1, 0.15) is 39.0 Å². The van der Waals surface area contributed by atoms with E-state index in [-0.39, 0.29) is 17.8 Å². The fourth-order valence-electron chi connectivity index (χ4n) is 2.34. The molecule has 0 aliphatic carbocycles. The van der Waals surface area contributed by atoms with Crippen LogP contribution in [-0.4, -0.2) is 49.1 Å². The number of aromatic amines is 1. The van der Waals surface area contributed by atoms with Crippen LogP contribution in [0.4, 0.5) is 0 Å². The van der Waals surface area contributed by atoms with E-state index >= 15 is 0 Å². The van der Waals surface area contributed by atoms with Gasteiger partial charge < -0.3 is 14.9 Å². The number of ether oxygens (including phenoxy) is 1. The summed E-state index contributed by atoms with van der Waals surface area (Å²) in [5.74, 6) is 0.747. The van der Waals surface area contributed by atoms with Gasteiger partial charge in [-0.3, -0.25) is 14.3 Å². The Bertz CT molecular complexity index is 667. The van der Waals surface area contributed by atoms with E-state index in [0.29, 0.717) is 12.0 Å². The van der Waals surface area contributed by atoms with E-state index in [0.717, 1.165) is 5.75 Å². The molecule has 1 saturated heterocycles. The van der Waals surface area contributed by atoms with Gasteiger partial charge in [0.25, 0.3) is 5.56 Å². The first-order valence-corrected chi connectivity index (χ1v) is 10.1. The Morgan fingerprint density at radius 1 is 1.42 bits per heavy atom. The zero-order chi connectivity index (χ0) is 17.9. The van der Waals surface area contributed by atoms with Gasteiger partial charge >= 0.3 is 5.69 Å². The molecule has 0 amide bonds. The number of hydrogen-bond acceptors (Lipinski definition) is 7. The number of aliphatic hydroxyl groups is 2. The Morgan fingerprint density at radius 3 is 2.71 bits per heavy atom. The maximum atomic E-state index is 12.0. The molecule has 2 heterocycles. The van der Waals surface area contributed by atoms with Gasteiger partial charge in [-0.1, -0.05) is 42.4 Å². The molecule has 1 aliphatic rings. The largest absolute Gasteiger partial charge is 0.394 e. The van der Waals surface area contributed by atoms with Gasteiger partial charge in [-0.2, -0.15) is 0 Å². The van der Waals surface area contributed by atoms with Crippen LogP contribution in [0.2, 0.25) is 0 Å². The number of aliphatic hydroxyl groups excluding tert-OH is 2. The Morgan fingerprint density at radius 2 is 2.12 bits per heavy atom. The molecule has 7 nitrogen and oxygen atoms in total. The Hall–Kier alpha value is -0.740. The second kappa shape index (κ2) is 8.09. The highest BCUT2D eigenvalue weighted by Gasteiger charge is 2.35. The van der Waals surface area contributed by atoms with Crippen LogP contribution < -0.4 is 11.2 Å². The number of hydrogen-bond donors (Lipinski definition) is 3. The summed E-state index contributed by atoms with van der Waals surface area (Å²) in [6.07, 6.45) is 0.00221. The topological polar surface area (TPSA) is 105 Å². The second-order valence-electron chi connectivity index (χ2n) is 6.70. The van der Waals surface area contributed by atoms with Gasteiger partial charge in [0, 0.05) is 28.7 Å². The average Bonchev–Trinajstić information content (AvgIpc) is 2.85. The van der Waals surface area contributed by atoms with E-state index in [1.807, 2.05) is 0 Å². The molecule has 3 N–H and O–H groups in total. The molecule has 3 atom stereocenters. The summed E-state index contributed by atoms with van der Waals surface area (Å²) in [5.41, 5.74) is -0.465. The van der Waals surface area contributed by atoms with Crippen LogP contribution in [0.25, 0.3) is 0 Å². The smallest absolute Gasteiger partial charge is 0.330 e. The van der Waals surface area contributed by atoms with Crippen molar-refractivity contribution in [1.82, 2.24) is 9.55 Å². The Balaban J connectivity index is 2.08. The number of rotatable bonds is 6. The molecule has 0 saturated carbocycles. The van der Waals surface area contributed by atoms with Crippen molar-refractivity contribution >= 4 is 21.6 Å². The molecule has 136 valence electrons. The number of H-pyrrole nitrogens is 1. The van der Waals surface area contributed by atoms with E-state index in [2.05, 4.69) is 25.8 Å². The minimum absolute atomic E-state index is 0.142. The van der Waals surface area contributed by atoms with Crippen molar-refractivity contribution in [1.29, 1.82) is 0 Å². The van der Waals surface area contributed by atoms with Crippen LogP contribution in [0.3, 0.4) is 0 Å². The molecule has 2 rings (SSSR count). The lowest BCUT2D eigenvalue weighted by Crippen LogP contribution is -2.34. The highest BCUT2D eigenvalue weighted by atomic mass is 33.1. The van der Waals surface area contributed by atoms with E-state index < -0.39 is 29.7 Å². The van der Waals surface area contributed by atoms with Gasteiger partial charge in [0.2, 0.25) is 0 Å². The molecule has 1 aliphatic heterocycles. The van der Waals surface area contributed by atoms with Crippen molar-refractivity contribution in [3.8, 4) is 0 Å². The van der Waals surface area contributed by atoms with Crippen LogP contribution in [-0.2, 0) is 11.2 Å². The monoisotopic (exact) mass is 376 g/mol. The van der Waals surface area contributed by atoms with Crippen molar-refractivity contribution in [2.45, 2.75) is 56.8 Å². The van der Waals surface area contributed by atoms with Gasteiger partial charge in [-0.25, -0.2) is 4.79 Å². The maximum Gasteiger partial charge on any atom is 0.330 e. The molecule has 24 heavy (non-hydrogen) atoms. The van der Waals surface area contributed by atoms with Gasteiger partial charge in [-0.05, 0) is 6.42 Å². The van der Waals surface area contributed by atoms with Gasteiger partial charge in [0.1, 0.15) is 12.3 Å². The molecule has 0 radical (unpaired) electrons. The highest BCUT2D eigenvalue weighted by Crippen LogP contribution is 2.35.